The lowest BCUT2D eigenvalue weighted by atomic mass is 9.86. The van der Waals surface area contributed by atoms with Crippen LogP contribution in [-0.2, 0) is 46.4 Å². The van der Waals surface area contributed by atoms with Crippen LogP contribution >= 0.6 is 0 Å². The highest BCUT2D eigenvalue weighted by molar-refractivity contribution is 5.73. The molecular formula is C26H31NO8. The van der Waals surface area contributed by atoms with Gasteiger partial charge in [0.05, 0.1) is 6.61 Å². The minimum absolute atomic E-state index is 0.00660. The maximum absolute atomic E-state index is 12.2. The van der Waals surface area contributed by atoms with E-state index in [1.807, 2.05) is 60.7 Å². The van der Waals surface area contributed by atoms with Gasteiger partial charge in [-0.1, -0.05) is 60.7 Å². The Bertz CT molecular complexity index is 999. The molecule has 1 aliphatic heterocycles. The maximum atomic E-state index is 12.2. The van der Waals surface area contributed by atoms with Gasteiger partial charge in [-0.05, 0) is 11.1 Å². The quantitative estimate of drug-likeness (QED) is 0.517. The van der Waals surface area contributed by atoms with Gasteiger partial charge in [0.1, 0.15) is 24.9 Å². The number of amides is 1. The van der Waals surface area contributed by atoms with Crippen molar-refractivity contribution in [1.82, 2.24) is 5.32 Å². The summed E-state index contributed by atoms with van der Waals surface area (Å²) in [5.74, 6) is -3.57. The predicted octanol–water partition coefficient (Wildman–Crippen LogP) is 1.90. The third kappa shape index (κ3) is 7.35. The molecule has 0 radical (unpaired) electrons. The molecule has 0 unspecified atom stereocenters. The number of carbonyl (C=O) groups is 3. The van der Waals surface area contributed by atoms with E-state index in [0.717, 1.165) is 11.1 Å². The topological polar surface area (TPSA) is 120 Å². The molecule has 1 heterocycles. The number of aliphatic hydroxyl groups is 1. The van der Waals surface area contributed by atoms with E-state index in [0.29, 0.717) is 0 Å². The second-order valence-corrected chi connectivity index (χ2v) is 8.48. The van der Waals surface area contributed by atoms with Crippen LogP contribution in [0.15, 0.2) is 60.7 Å². The molecule has 0 bridgehead atoms. The Morgan fingerprint density at radius 1 is 0.914 bits per heavy atom. The first-order valence-electron chi connectivity index (χ1n) is 11.4. The zero-order valence-electron chi connectivity index (χ0n) is 20.0. The monoisotopic (exact) mass is 485 g/mol. The molecule has 2 N–H and O–H groups in total. The van der Waals surface area contributed by atoms with Crippen LogP contribution in [0.25, 0.3) is 0 Å². The highest BCUT2D eigenvalue weighted by Gasteiger charge is 2.56. The van der Waals surface area contributed by atoms with Crippen LogP contribution in [0.4, 0.5) is 0 Å². The molecule has 1 aliphatic rings. The maximum Gasteiger partial charge on any atom is 0.303 e. The first kappa shape index (κ1) is 26.3. The predicted molar refractivity (Wildman–Crippen MR) is 125 cm³/mol. The number of carbonyl (C=O) groups excluding carboxylic acids is 3. The Balaban J connectivity index is 2.02. The van der Waals surface area contributed by atoms with E-state index < -0.39 is 48.0 Å². The van der Waals surface area contributed by atoms with Crippen molar-refractivity contribution < 1.29 is 38.4 Å². The molecule has 0 spiro atoms. The first-order valence-corrected chi connectivity index (χ1v) is 11.4. The van der Waals surface area contributed by atoms with E-state index in [9.17, 15) is 19.5 Å². The molecule has 2 aromatic carbocycles. The first-order chi connectivity index (χ1) is 16.7. The summed E-state index contributed by atoms with van der Waals surface area (Å²) in [6, 6.07) is 17.3. The number of nitrogens with one attached hydrogen (secondary N) is 1. The number of hydrogen-bond donors (Lipinski definition) is 2. The van der Waals surface area contributed by atoms with Gasteiger partial charge >= 0.3 is 11.9 Å². The Morgan fingerprint density at radius 3 is 2.06 bits per heavy atom. The smallest absolute Gasteiger partial charge is 0.303 e. The Kier molecular flexibility index (Phi) is 8.97. The van der Waals surface area contributed by atoms with E-state index >= 15 is 0 Å². The fraction of sp³-hybridized carbons (Fsp3) is 0.423. The van der Waals surface area contributed by atoms with Crippen molar-refractivity contribution in [3.8, 4) is 0 Å². The molecule has 3 rings (SSSR count). The molecule has 5 atom stereocenters. The lowest BCUT2D eigenvalue weighted by molar-refractivity contribution is -0.325. The van der Waals surface area contributed by atoms with Crippen molar-refractivity contribution in [1.29, 1.82) is 0 Å². The van der Waals surface area contributed by atoms with Crippen LogP contribution in [0.3, 0.4) is 0 Å². The molecule has 1 saturated heterocycles. The number of ether oxygens (including phenoxy) is 4. The van der Waals surface area contributed by atoms with Gasteiger partial charge in [-0.15, -0.1) is 0 Å². The van der Waals surface area contributed by atoms with E-state index in [2.05, 4.69) is 5.32 Å². The molecule has 35 heavy (non-hydrogen) atoms. The molecule has 0 aliphatic carbocycles. The van der Waals surface area contributed by atoms with Crippen LogP contribution in [0.1, 0.15) is 31.9 Å². The molecular weight excluding hydrogens is 454 g/mol. The zero-order chi connectivity index (χ0) is 25.4. The van der Waals surface area contributed by atoms with Gasteiger partial charge < -0.3 is 29.4 Å². The normalized spacial score (nSPS) is 25.9. The van der Waals surface area contributed by atoms with E-state index in [4.69, 9.17) is 18.9 Å². The Labute approximate surface area is 204 Å². The average Bonchev–Trinajstić information content (AvgIpc) is 2.80. The molecule has 188 valence electrons. The third-order valence-electron chi connectivity index (χ3n) is 5.56. The highest BCUT2D eigenvalue weighted by atomic mass is 16.7. The Hall–Kier alpha value is -3.27. The summed E-state index contributed by atoms with van der Waals surface area (Å²) in [6.07, 6.45) is -3.16. The van der Waals surface area contributed by atoms with Crippen LogP contribution in [0.2, 0.25) is 0 Å². The van der Waals surface area contributed by atoms with Gasteiger partial charge in [-0.2, -0.15) is 0 Å². The minimum Gasteiger partial charge on any atom is -0.463 e. The van der Waals surface area contributed by atoms with Gasteiger partial charge in [0.15, 0.2) is 11.9 Å². The average molecular weight is 486 g/mol. The van der Waals surface area contributed by atoms with Crippen molar-refractivity contribution in [2.75, 3.05) is 6.61 Å². The number of rotatable bonds is 9. The number of benzene rings is 2. The molecule has 0 aromatic heterocycles. The largest absolute Gasteiger partial charge is 0.463 e. The zero-order valence-corrected chi connectivity index (χ0v) is 20.0. The third-order valence-corrected chi connectivity index (χ3v) is 5.56. The van der Waals surface area contributed by atoms with Crippen molar-refractivity contribution in [3.63, 3.8) is 0 Å². The van der Waals surface area contributed by atoms with Gasteiger partial charge in [0.2, 0.25) is 5.91 Å². The van der Waals surface area contributed by atoms with Crippen LogP contribution in [0, 0.1) is 0 Å². The number of esters is 2. The van der Waals surface area contributed by atoms with Crippen LogP contribution in [0.5, 0.6) is 0 Å². The van der Waals surface area contributed by atoms with Gasteiger partial charge in [-0.3, -0.25) is 14.4 Å². The standard InChI is InChI=1S/C26H31NO8/c1-17(28)27-25-24(33-15-21-12-8-5-9-13-21)23(34-19(3)30)22(16-32-18(2)29)35-26(25,31)14-20-10-6-4-7-11-20/h4-13,22-25,31H,14-16H2,1-3H3,(H,27,28)/t22-,23-,24+,25-,26-/m1/s1. The van der Waals surface area contributed by atoms with E-state index in [1.165, 1.54) is 20.8 Å². The second-order valence-electron chi connectivity index (χ2n) is 8.48. The van der Waals surface area contributed by atoms with Crippen molar-refractivity contribution in [2.24, 2.45) is 0 Å². The van der Waals surface area contributed by atoms with E-state index in [1.54, 1.807) is 0 Å². The van der Waals surface area contributed by atoms with Crippen molar-refractivity contribution >= 4 is 17.8 Å². The minimum atomic E-state index is -1.96. The van der Waals surface area contributed by atoms with Crippen molar-refractivity contribution in [2.45, 2.75) is 63.9 Å². The summed E-state index contributed by atoms with van der Waals surface area (Å²) in [6.45, 7) is 3.60. The van der Waals surface area contributed by atoms with Crippen LogP contribution < -0.4 is 5.32 Å². The van der Waals surface area contributed by atoms with E-state index in [-0.39, 0.29) is 19.6 Å². The number of hydrogen-bond acceptors (Lipinski definition) is 8. The van der Waals surface area contributed by atoms with Gasteiger partial charge in [0.25, 0.3) is 0 Å². The Morgan fingerprint density at radius 2 is 1.51 bits per heavy atom. The molecule has 9 nitrogen and oxygen atoms in total. The fourth-order valence-corrected chi connectivity index (χ4v) is 4.13. The molecule has 9 heteroatoms. The molecule has 0 saturated carbocycles. The molecule has 1 fully saturated rings. The molecule has 1 amide bonds. The second kappa shape index (κ2) is 11.9. The molecule has 2 aromatic rings. The fourth-order valence-electron chi connectivity index (χ4n) is 4.13. The van der Waals surface area contributed by atoms with Gasteiger partial charge in [0, 0.05) is 27.2 Å². The van der Waals surface area contributed by atoms with Crippen molar-refractivity contribution in [3.05, 3.63) is 71.8 Å². The summed E-state index contributed by atoms with van der Waals surface area (Å²) >= 11 is 0. The summed E-state index contributed by atoms with van der Waals surface area (Å²) in [4.78, 5) is 35.7. The SMILES string of the molecule is CC(=O)N[C@@H]1[C@@H](OCc2ccccc2)[C@H](OC(C)=O)[C@@H](COC(C)=O)O[C@]1(O)Cc1ccccc1. The van der Waals surface area contributed by atoms with Gasteiger partial charge in [-0.25, -0.2) is 0 Å². The van der Waals surface area contributed by atoms with Crippen LogP contribution in [-0.4, -0.2) is 59.7 Å². The lowest BCUT2D eigenvalue weighted by Crippen LogP contribution is -2.72. The highest BCUT2D eigenvalue weighted by Crippen LogP contribution is 2.35. The summed E-state index contributed by atoms with van der Waals surface area (Å²) in [5.41, 5.74) is 1.58. The summed E-state index contributed by atoms with van der Waals surface area (Å²) in [5, 5.41) is 14.5. The summed E-state index contributed by atoms with van der Waals surface area (Å²) in [7, 11) is 0. The summed E-state index contributed by atoms with van der Waals surface area (Å²) < 4.78 is 22.9. The lowest BCUT2D eigenvalue weighted by Gasteiger charge is -2.50.